The molecule has 2 unspecified atom stereocenters. The van der Waals surface area contributed by atoms with Crippen LogP contribution in [0, 0.1) is 11.8 Å². The topological polar surface area (TPSA) is 29.3 Å². The molecule has 2 N–H and O–H groups in total. The zero-order valence-electron chi connectivity index (χ0n) is 7.01. The minimum absolute atomic E-state index is 0. The highest BCUT2D eigenvalue weighted by molar-refractivity contribution is 4.95. The second kappa shape index (κ2) is 3.35. The van der Waals surface area contributed by atoms with Gasteiger partial charge >= 0.3 is 0 Å². The highest BCUT2D eigenvalue weighted by atomic mass is 15.1. The average molecular weight is 144 g/mol. The maximum absolute atomic E-state index is 4.85. The fourth-order valence-corrected chi connectivity index (χ4v) is 1.63. The molecular formula is C8H20N2. The molecule has 1 saturated heterocycles. The smallest absolute Gasteiger partial charge is 0.000997 e. The van der Waals surface area contributed by atoms with Crippen LogP contribution in [0.4, 0.5) is 0 Å². The summed E-state index contributed by atoms with van der Waals surface area (Å²) in [5.41, 5.74) is 4.85. The van der Waals surface area contributed by atoms with Gasteiger partial charge in [0.1, 0.15) is 0 Å². The van der Waals surface area contributed by atoms with Crippen molar-refractivity contribution in [2.45, 2.75) is 13.3 Å². The second-order valence-electron chi connectivity index (χ2n) is 3.39. The van der Waals surface area contributed by atoms with Crippen LogP contribution in [0.25, 0.3) is 0 Å². The number of hydrogen-bond acceptors (Lipinski definition) is 2. The van der Waals surface area contributed by atoms with Crippen molar-refractivity contribution in [1.82, 2.24) is 4.90 Å². The molecule has 62 valence electrons. The molecule has 0 spiro atoms. The SMILES string of the molecule is CCN.CN1CC2CC2C1.[HH]. The van der Waals surface area contributed by atoms with E-state index in [1.807, 2.05) is 6.92 Å². The third-order valence-electron chi connectivity index (χ3n) is 2.16. The summed E-state index contributed by atoms with van der Waals surface area (Å²) in [5, 5.41) is 0. The summed E-state index contributed by atoms with van der Waals surface area (Å²) in [6.07, 6.45) is 1.53. The van der Waals surface area contributed by atoms with Crippen LogP contribution >= 0.6 is 0 Å². The van der Waals surface area contributed by atoms with Crippen LogP contribution in [0.5, 0.6) is 0 Å². The highest BCUT2D eigenvalue weighted by Gasteiger charge is 2.43. The Morgan fingerprint density at radius 1 is 1.50 bits per heavy atom. The lowest BCUT2D eigenvalue weighted by Crippen LogP contribution is -2.15. The molecule has 10 heavy (non-hydrogen) atoms. The Bertz CT molecular complexity index is 98.3. The first-order chi connectivity index (χ1) is 4.77. The number of nitrogens with zero attached hydrogens (tertiary/aromatic N) is 1. The molecule has 2 fully saturated rings. The standard InChI is InChI=1S/C6H11N.C2H7N.H2/c1-7-3-5-2-6(5)4-7;1-2-3;/h5-6H,2-4H2,1H3;2-3H2,1H3;1H. The summed E-state index contributed by atoms with van der Waals surface area (Å²) >= 11 is 0. The summed E-state index contributed by atoms with van der Waals surface area (Å²) in [5.74, 6) is 2.23. The summed E-state index contributed by atoms with van der Waals surface area (Å²) in [7, 11) is 2.21. The zero-order valence-corrected chi connectivity index (χ0v) is 7.01. The third kappa shape index (κ3) is 1.96. The monoisotopic (exact) mass is 144 g/mol. The normalized spacial score (nSPS) is 36.3. The molecule has 1 saturated carbocycles. The summed E-state index contributed by atoms with van der Waals surface area (Å²) in [6, 6.07) is 0. The van der Waals surface area contributed by atoms with E-state index in [9.17, 15) is 0 Å². The van der Waals surface area contributed by atoms with E-state index >= 15 is 0 Å². The quantitative estimate of drug-likeness (QED) is 0.544. The fraction of sp³-hybridized carbons (Fsp3) is 1.00. The van der Waals surface area contributed by atoms with E-state index in [0.29, 0.717) is 0 Å². The minimum Gasteiger partial charge on any atom is -0.331 e. The van der Waals surface area contributed by atoms with Crippen molar-refractivity contribution in [2.75, 3.05) is 26.7 Å². The predicted molar refractivity (Wildman–Crippen MR) is 45.9 cm³/mol. The summed E-state index contributed by atoms with van der Waals surface area (Å²) < 4.78 is 0. The molecule has 2 nitrogen and oxygen atoms in total. The zero-order chi connectivity index (χ0) is 7.56. The maximum atomic E-state index is 4.85. The van der Waals surface area contributed by atoms with E-state index in [4.69, 9.17) is 5.73 Å². The largest absolute Gasteiger partial charge is 0.331 e. The Balaban J connectivity index is 0.000000225. The van der Waals surface area contributed by atoms with Gasteiger partial charge in [0.05, 0.1) is 0 Å². The maximum Gasteiger partial charge on any atom is 0.000997 e. The summed E-state index contributed by atoms with van der Waals surface area (Å²) in [6.45, 7) is 5.41. The van der Waals surface area contributed by atoms with Gasteiger partial charge in [-0.2, -0.15) is 0 Å². The van der Waals surface area contributed by atoms with Gasteiger partial charge in [-0.3, -0.25) is 0 Å². The van der Waals surface area contributed by atoms with E-state index < -0.39 is 0 Å². The van der Waals surface area contributed by atoms with Crippen LogP contribution in [-0.2, 0) is 0 Å². The number of hydrogen-bond donors (Lipinski definition) is 1. The van der Waals surface area contributed by atoms with Crippen molar-refractivity contribution < 1.29 is 1.43 Å². The van der Waals surface area contributed by atoms with E-state index in [2.05, 4.69) is 11.9 Å². The van der Waals surface area contributed by atoms with Crippen LogP contribution < -0.4 is 5.73 Å². The van der Waals surface area contributed by atoms with Crippen LogP contribution in [-0.4, -0.2) is 31.6 Å². The molecule has 0 aromatic carbocycles. The molecule has 0 aromatic heterocycles. The van der Waals surface area contributed by atoms with Gasteiger partial charge in [-0.1, -0.05) is 6.92 Å². The van der Waals surface area contributed by atoms with Crippen molar-refractivity contribution in [3.05, 3.63) is 0 Å². The van der Waals surface area contributed by atoms with Crippen molar-refractivity contribution in [3.8, 4) is 0 Å². The molecule has 0 radical (unpaired) electrons. The van der Waals surface area contributed by atoms with Gasteiger partial charge in [-0.15, -0.1) is 0 Å². The molecule has 0 aromatic rings. The van der Waals surface area contributed by atoms with Crippen molar-refractivity contribution in [1.29, 1.82) is 0 Å². The van der Waals surface area contributed by atoms with Gasteiger partial charge < -0.3 is 10.6 Å². The molecule has 2 rings (SSSR count). The van der Waals surface area contributed by atoms with E-state index in [1.54, 1.807) is 0 Å². The number of piperidine rings is 1. The van der Waals surface area contributed by atoms with Gasteiger partial charge in [-0.25, -0.2) is 0 Å². The molecule has 2 aliphatic rings. The van der Waals surface area contributed by atoms with Crippen LogP contribution in [0.3, 0.4) is 0 Å². The minimum atomic E-state index is 0. The average Bonchev–Trinajstić information content (AvgIpc) is 2.42. The molecule has 0 bridgehead atoms. The fourth-order valence-electron chi connectivity index (χ4n) is 1.63. The lowest BCUT2D eigenvalue weighted by atomic mass is 10.4. The molecule has 2 heteroatoms. The van der Waals surface area contributed by atoms with E-state index in [1.165, 1.54) is 19.5 Å². The van der Waals surface area contributed by atoms with Gasteiger partial charge in [0.15, 0.2) is 0 Å². The van der Waals surface area contributed by atoms with Crippen LogP contribution in [0.15, 0.2) is 0 Å². The number of nitrogens with two attached hydrogens (primary N) is 1. The predicted octanol–water partition coefficient (Wildman–Crippen LogP) is 0.779. The first-order valence-electron chi connectivity index (χ1n) is 4.16. The number of rotatable bonds is 0. The first-order valence-corrected chi connectivity index (χ1v) is 4.16. The molecule has 0 amide bonds. The van der Waals surface area contributed by atoms with E-state index in [0.717, 1.165) is 18.4 Å². The molecule has 1 heterocycles. The Morgan fingerprint density at radius 2 is 1.90 bits per heavy atom. The Labute approximate surface area is 64.9 Å². The summed E-state index contributed by atoms with van der Waals surface area (Å²) in [4.78, 5) is 2.43. The second-order valence-corrected chi connectivity index (χ2v) is 3.39. The van der Waals surface area contributed by atoms with Crippen LogP contribution in [0.2, 0.25) is 0 Å². The van der Waals surface area contributed by atoms with Crippen molar-refractivity contribution in [2.24, 2.45) is 17.6 Å². The third-order valence-corrected chi connectivity index (χ3v) is 2.16. The number of fused-ring (bicyclic) bond motifs is 1. The van der Waals surface area contributed by atoms with Crippen LogP contribution in [0.1, 0.15) is 14.8 Å². The molecule has 2 atom stereocenters. The van der Waals surface area contributed by atoms with E-state index in [-0.39, 0.29) is 1.43 Å². The molecule has 1 aliphatic carbocycles. The Hall–Kier alpha value is -0.0800. The van der Waals surface area contributed by atoms with Gasteiger partial charge in [0.25, 0.3) is 0 Å². The first kappa shape index (κ1) is 8.02. The Kier molecular flexibility index (Phi) is 2.69. The lowest BCUT2D eigenvalue weighted by molar-refractivity contribution is 0.373. The lowest BCUT2D eigenvalue weighted by Gasteiger charge is -2.06. The molecule has 1 aliphatic heterocycles. The van der Waals surface area contributed by atoms with Gasteiger partial charge in [-0.05, 0) is 31.8 Å². The van der Waals surface area contributed by atoms with Gasteiger partial charge in [0.2, 0.25) is 0 Å². The highest BCUT2D eigenvalue weighted by Crippen LogP contribution is 2.43. The number of likely N-dealkylation sites (tertiary alicyclic amines) is 1. The van der Waals surface area contributed by atoms with Crippen molar-refractivity contribution in [3.63, 3.8) is 0 Å². The van der Waals surface area contributed by atoms with Crippen molar-refractivity contribution >= 4 is 0 Å². The Morgan fingerprint density at radius 3 is 2.10 bits per heavy atom. The van der Waals surface area contributed by atoms with Gasteiger partial charge in [0, 0.05) is 14.5 Å². The molecular weight excluding hydrogens is 124 g/mol.